The van der Waals surface area contributed by atoms with Crippen LogP contribution in [0, 0.1) is 26.7 Å². The average Bonchev–Trinajstić information content (AvgIpc) is 3.34. The molecule has 7 nitrogen and oxygen atoms in total. The lowest BCUT2D eigenvalue weighted by atomic mass is 9.90. The summed E-state index contributed by atoms with van der Waals surface area (Å²) in [6, 6.07) is 14.5. The first kappa shape index (κ1) is 23.7. The van der Waals surface area contributed by atoms with E-state index in [-0.39, 0.29) is 13.3 Å². The standard InChI is InChI=1S/C26H30N6O.CH4/c1-18-17-27-24-9-10-25(29-31(18)24)32-20(3)23(19(2)28-32)16-26(33)30-13-11-22(12-14-30)15-21-7-5-4-6-8-21;/h4-10,17,22H,11-16H2,1-3H3;1H4. The number of likely N-dealkylation sites (tertiary alicyclic amines) is 1. The number of carbonyl (C=O) groups is 1. The van der Waals surface area contributed by atoms with Crippen molar-refractivity contribution in [2.75, 3.05) is 13.1 Å². The van der Waals surface area contributed by atoms with Gasteiger partial charge in [0.1, 0.15) is 0 Å². The first-order valence-corrected chi connectivity index (χ1v) is 11.7. The van der Waals surface area contributed by atoms with Gasteiger partial charge in [0.05, 0.1) is 24.0 Å². The maximum Gasteiger partial charge on any atom is 0.227 e. The highest BCUT2D eigenvalue weighted by Gasteiger charge is 2.25. The molecule has 1 aliphatic heterocycles. The molecule has 5 rings (SSSR count). The van der Waals surface area contributed by atoms with E-state index in [1.54, 1.807) is 6.20 Å². The molecule has 1 aliphatic rings. The second-order valence-corrected chi connectivity index (χ2v) is 9.11. The zero-order valence-electron chi connectivity index (χ0n) is 19.5. The van der Waals surface area contributed by atoms with Gasteiger partial charge in [-0.2, -0.15) is 5.10 Å². The van der Waals surface area contributed by atoms with Crippen LogP contribution in [0.25, 0.3) is 11.5 Å². The number of hydrogen-bond acceptors (Lipinski definition) is 4. The minimum atomic E-state index is 0. The zero-order valence-corrected chi connectivity index (χ0v) is 19.5. The molecule has 0 unspecified atom stereocenters. The number of fused-ring (bicyclic) bond motifs is 1. The van der Waals surface area contributed by atoms with Crippen LogP contribution >= 0.6 is 0 Å². The maximum atomic E-state index is 13.1. The molecule has 0 saturated carbocycles. The van der Waals surface area contributed by atoms with E-state index in [9.17, 15) is 4.79 Å². The van der Waals surface area contributed by atoms with E-state index >= 15 is 0 Å². The molecule has 1 fully saturated rings. The quantitative estimate of drug-likeness (QED) is 0.442. The minimum absolute atomic E-state index is 0. The molecular formula is C27H34N6O. The highest BCUT2D eigenvalue weighted by atomic mass is 16.2. The van der Waals surface area contributed by atoms with Crippen LogP contribution in [0.2, 0.25) is 0 Å². The van der Waals surface area contributed by atoms with Crippen LogP contribution in [0.3, 0.4) is 0 Å². The number of piperidine rings is 1. The van der Waals surface area contributed by atoms with Gasteiger partial charge in [-0.3, -0.25) is 4.79 Å². The third-order valence-electron chi connectivity index (χ3n) is 6.84. The molecule has 0 N–H and O–H groups in total. The van der Waals surface area contributed by atoms with Crippen molar-refractivity contribution in [1.29, 1.82) is 0 Å². The SMILES string of the molecule is C.Cc1nn(-c2ccc3ncc(C)n3n2)c(C)c1CC(=O)N1CCC(Cc2ccccc2)CC1. The third-order valence-corrected chi connectivity index (χ3v) is 6.84. The van der Waals surface area contributed by atoms with Crippen LogP contribution in [0.15, 0.2) is 48.7 Å². The summed E-state index contributed by atoms with van der Waals surface area (Å²) in [5.41, 5.74) is 6.01. The van der Waals surface area contributed by atoms with E-state index in [0.717, 1.165) is 66.5 Å². The lowest BCUT2D eigenvalue weighted by Gasteiger charge is -2.32. The van der Waals surface area contributed by atoms with Gasteiger partial charge >= 0.3 is 0 Å². The summed E-state index contributed by atoms with van der Waals surface area (Å²) in [5.74, 6) is 1.56. The molecule has 0 radical (unpaired) electrons. The number of rotatable bonds is 5. The number of nitrogens with zero attached hydrogens (tertiary/aromatic N) is 6. The Kier molecular flexibility index (Phi) is 6.82. The highest BCUT2D eigenvalue weighted by molar-refractivity contribution is 5.79. The molecule has 4 aromatic rings. The Labute approximate surface area is 201 Å². The lowest BCUT2D eigenvalue weighted by molar-refractivity contribution is -0.131. The largest absolute Gasteiger partial charge is 0.342 e. The summed E-state index contributed by atoms with van der Waals surface area (Å²) in [6.07, 6.45) is 5.41. The van der Waals surface area contributed by atoms with Gasteiger partial charge in [0, 0.05) is 24.3 Å². The Morgan fingerprint density at radius 1 is 1.00 bits per heavy atom. The first-order valence-electron chi connectivity index (χ1n) is 11.7. The molecule has 4 heterocycles. The average molecular weight is 459 g/mol. The van der Waals surface area contributed by atoms with Gasteiger partial charge in [-0.15, -0.1) is 5.10 Å². The molecule has 34 heavy (non-hydrogen) atoms. The van der Waals surface area contributed by atoms with E-state index in [4.69, 9.17) is 10.2 Å². The van der Waals surface area contributed by atoms with Crippen LogP contribution in [-0.2, 0) is 17.6 Å². The van der Waals surface area contributed by atoms with Gasteiger partial charge < -0.3 is 4.90 Å². The predicted octanol–water partition coefficient (Wildman–Crippen LogP) is 4.50. The Morgan fingerprint density at radius 3 is 2.47 bits per heavy atom. The second-order valence-electron chi connectivity index (χ2n) is 9.11. The van der Waals surface area contributed by atoms with Crippen molar-refractivity contribution in [2.24, 2.45) is 5.92 Å². The summed E-state index contributed by atoms with van der Waals surface area (Å²) in [5, 5.41) is 9.40. The van der Waals surface area contributed by atoms with Gasteiger partial charge in [-0.1, -0.05) is 37.8 Å². The Bertz CT molecular complexity index is 1280. The number of aromatic nitrogens is 5. The van der Waals surface area contributed by atoms with Crippen molar-refractivity contribution in [3.8, 4) is 5.82 Å². The summed E-state index contributed by atoms with van der Waals surface area (Å²) >= 11 is 0. The van der Waals surface area contributed by atoms with E-state index in [1.165, 1.54) is 5.56 Å². The van der Waals surface area contributed by atoms with Crippen molar-refractivity contribution in [1.82, 2.24) is 29.3 Å². The Morgan fingerprint density at radius 2 is 1.74 bits per heavy atom. The molecule has 1 aromatic carbocycles. The minimum Gasteiger partial charge on any atom is -0.342 e. The maximum absolute atomic E-state index is 13.1. The van der Waals surface area contributed by atoms with Gasteiger partial charge in [0.25, 0.3) is 0 Å². The van der Waals surface area contributed by atoms with Gasteiger partial charge in [0.15, 0.2) is 11.5 Å². The molecular weight excluding hydrogens is 424 g/mol. The second kappa shape index (κ2) is 9.79. The van der Waals surface area contributed by atoms with E-state index in [2.05, 4.69) is 35.3 Å². The van der Waals surface area contributed by atoms with Crippen LogP contribution < -0.4 is 0 Å². The van der Waals surface area contributed by atoms with Crippen LogP contribution in [0.4, 0.5) is 0 Å². The molecule has 178 valence electrons. The van der Waals surface area contributed by atoms with Crippen molar-refractivity contribution in [2.45, 2.75) is 53.9 Å². The van der Waals surface area contributed by atoms with Gasteiger partial charge in [-0.05, 0) is 63.6 Å². The Balaban J connectivity index is 0.00000274. The number of imidazole rings is 1. The van der Waals surface area contributed by atoms with E-state index in [1.807, 2.05) is 47.0 Å². The Hall–Kier alpha value is -3.48. The molecule has 1 amide bonds. The molecule has 1 saturated heterocycles. The molecule has 0 atom stereocenters. The number of amides is 1. The normalized spacial score (nSPS) is 14.4. The van der Waals surface area contributed by atoms with E-state index in [0.29, 0.717) is 12.3 Å². The molecule has 0 aliphatic carbocycles. The van der Waals surface area contributed by atoms with Crippen molar-refractivity contribution < 1.29 is 4.79 Å². The first-order chi connectivity index (χ1) is 16.0. The summed E-state index contributed by atoms with van der Waals surface area (Å²) in [7, 11) is 0. The topological polar surface area (TPSA) is 68.3 Å². The molecule has 3 aromatic heterocycles. The number of benzene rings is 1. The number of carbonyl (C=O) groups excluding carboxylic acids is 1. The fourth-order valence-electron chi connectivity index (χ4n) is 4.84. The third kappa shape index (κ3) is 4.60. The fourth-order valence-corrected chi connectivity index (χ4v) is 4.84. The molecule has 0 spiro atoms. The number of hydrogen-bond donors (Lipinski definition) is 0. The predicted molar refractivity (Wildman–Crippen MR) is 134 cm³/mol. The summed E-state index contributed by atoms with van der Waals surface area (Å²) < 4.78 is 3.65. The summed E-state index contributed by atoms with van der Waals surface area (Å²) in [4.78, 5) is 19.5. The van der Waals surface area contributed by atoms with Crippen molar-refractivity contribution in [3.05, 3.63) is 76.9 Å². The fraction of sp³-hybridized carbons (Fsp3) is 0.407. The monoisotopic (exact) mass is 458 g/mol. The van der Waals surface area contributed by atoms with Crippen LogP contribution in [-0.4, -0.2) is 48.3 Å². The van der Waals surface area contributed by atoms with Crippen molar-refractivity contribution >= 4 is 11.6 Å². The van der Waals surface area contributed by atoms with Gasteiger partial charge in [-0.25, -0.2) is 14.2 Å². The van der Waals surface area contributed by atoms with Crippen LogP contribution in [0.5, 0.6) is 0 Å². The van der Waals surface area contributed by atoms with Crippen LogP contribution in [0.1, 0.15) is 48.5 Å². The number of aryl methyl sites for hydroxylation is 2. The smallest absolute Gasteiger partial charge is 0.227 e. The highest BCUT2D eigenvalue weighted by Crippen LogP contribution is 2.24. The lowest BCUT2D eigenvalue weighted by Crippen LogP contribution is -2.39. The molecule has 0 bridgehead atoms. The van der Waals surface area contributed by atoms with Gasteiger partial charge in [0.2, 0.25) is 5.91 Å². The van der Waals surface area contributed by atoms with Crippen molar-refractivity contribution in [3.63, 3.8) is 0 Å². The molecule has 7 heteroatoms. The zero-order chi connectivity index (χ0) is 22.9. The van der Waals surface area contributed by atoms with E-state index < -0.39 is 0 Å². The summed E-state index contributed by atoms with van der Waals surface area (Å²) in [6.45, 7) is 7.63.